The highest BCUT2D eigenvalue weighted by Gasteiger charge is 2.35. The van der Waals surface area contributed by atoms with Gasteiger partial charge in [0.1, 0.15) is 6.61 Å². The van der Waals surface area contributed by atoms with Crippen molar-refractivity contribution in [2.75, 3.05) is 13.2 Å². The highest BCUT2D eigenvalue weighted by atomic mass is 79.9. The van der Waals surface area contributed by atoms with Crippen molar-refractivity contribution in [1.82, 2.24) is 0 Å². The van der Waals surface area contributed by atoms with Gasteiger partial charge in [-0.3, -0.25) is 0 Å². The van der Waals surface area contributed by atoms with Gasteiger partial charge in [-0.15, -0.1) is 0 Å². The van der Waals surface area contributed by atoms with E-state index in [4.69, 9.17) is 4.74 Å². The molecule has 0 saturated carbocycles. The van der Waals surface area contributed by atoms with Gasteiger partial charge in [0.15, 0.2) is 0 Å². The maximum Gasteiger partial charge on any atom is 0.297 e. The van der Waals surface area contributed by atoms with Gasteiger partial charge in [0, 0.05) is 16.6 Å². The van der Waals surface area contributed by atoms with E-state index in [1.807, 2.05) is 0 Å². The van der Waals surface area contributed by atoms with Crippen molar-refractivity contribution >= 4 is 24.7 Å². The molecule has 0 aliphatic rings. The van der Waals surface area contributed by atoms with Crippen LogP contribution in [0, 0.1) is 0 Å². The molecular weight excluding hydrogens is 330 g/mol. The summed E-state index contributed by atoms with van der Waals surface area (Å²) in [5.41, 5.74) is -0.0219. The fourth-order valence-electron chi connectivity index (χ4n) is 1.41. The minimum absolute atomic E-state index is 0.00529. The fourth-order valence-corrected chi connectivity index (χ4v) is 2.38. The number of hydrogen-bond donors (Lipinski definition) is 0. The topological polar surface area (TPSA) is 9.23 Å². The molecule has 0 unspecified atom stereocenters. The first-order valence-electron chi connectivity index (χ1n) is 6.18. The molecule has 19 heavy (non-hydrogen) atoms. The lowest BCUT2D eigenvalue weighted by molar-refractivity contribution is -0.0866. The molecule has 0 aliphatic carbocycles. The van der Waals surface area contributed by atoms with Gasteiger partial charge in [-0.2, -0.15) is 8.78 Å². The van der Waals surface area contributed by atoms with Crippen molar-refractivity contribution < 1.29 is 13.5 Å². The molecule has 0 fully saturated rings. The van der Waals surface area contributed by atoms with Gasteiger partial charge in [0.05, 0.1) is 8.80 Å². The molecule has 1 radical (unpaired) electrons. The Morgan fingerprint density at radius 3 is 2.26 bits per heavy atom. The Hall–Kier alpha value is -0.263. The van der Waals surface area contributed by atoms with Crippen molar-refractivity contribution in [2.24, 2.45) is 0 Å². The largest absolute Gasteiger partial charge is 0.375 e. The zero-order valence-corrected chi connectivity index (χ0v) is 14.4. The van der Waals surface area contributed by atoms with Crippen LogP contribution in [-0.2, 0) is 10.7 Å². The summed E-state index contributed by atoms with van der Waals surface area (Å²) in [6.45, 7) is 8.26. The Balaban J connectivity index is 2.64. The second-order valence-corrected chi connectivity index (χ2v) is 9.77. The lowest BCUT2D eigenvalue weighted by Gasteiger charge is -2.29. The molecule has 0 amide bonds. The molecule has 0 aromatic heterocycles. The summed E-state index contributed by atoms with van der Waals surface area (Å²) < 4.78 is 33.8. The molecule has 0 atom stereocenters. The molecule has 5 heteroatoms. The van der Waals surface area contributed by atoms with Gasteiger partial charge in [0.25, 0.3) is 5.92 Å². The van der Waals surface area contributed by atoms with Crippen molar-refractivity contribution in [2.45, 2.75) is 37.9 Å². The molecule has 0 N–H and O–H groups in total. The fraction of sp³-hybridized carbons (Fsp3) is 0.571. The first kappa shape index (κ1) is 16.8. The van der Waals surface area contributed by atoms with Crippen LogP contribution in [-0.4, -0.2) is 22.0 Å². The van der Waals surface area contributed by atoms with Crippen molar-refractivity contribution in [3.8, 4) is 0 Å². The summed E-state index contributed by atoms with van der Waals surface area (Å²) in [7, 11) is -0.579. The number of rotatable bonds is 6. The van der Waals surface area contributed by atoms with Crippen LogP contribution in [0.5, 0.6) is 0 Å². The number of alkyl halides is 2. The van der Waals surface area contributed by atoms with Crippen molar-refractivity contribution in [3.05, 3.63) is 34.3 Å². The zero-order valence-electron chi connectivity index (χ0n) is 11.8. The smallest absolute Gasteiger partial charge is 0.297 e. The van der Waals surface area contributed by atoms with Crippen LogP contribution in [0.4, 0.5) is 8.78 Å². The Bertz CT molecular complexity index is 422. The number of ether oxygens (including phenoxy) is 1. The van der Waals surface area contributed by atoms with E-state index < -0.39 is 21.3 Å². The average Bonchev–Trinajstić information content (AvgIpc) is 2.28. The van der Waals surface area contributed by atoms with Crippen LogP contribution in [0.3, 0.4) is 0 Å². The molecule has 1 aromatic rings. The lowest BCUT2D eigenvalue weighted by atomic mass is 10.1. The summed E-state index contributed by atoms with van der Waals surface area (Å²) in [6.07, 6.45) is 0. The summed E-state index contributed by atoms with van der Waals surface area (Å²) in [5, 5.41) is -0.00529. The first-order valence-corrected chi connectivity index (χ1v) is 9.47. The number of hydrogen-bond acceptors (Lipinski definition) is 1. The molecule has 0 aliphatic heterocycles. The second kappa shape index (κ2) is 6.46. The van der Waals surface area contributed by atoms with E-state index >= 15 is 0 Å². The lowest BCUT2D eigenvalue weighted by Crippen LogP contribution is -2.29. The van der Waals surface area contributed by atoms with Crippen LogP contribution in [0.25, 0.3) is 0 Å². The number of halogens is 3. The van der Waals surface area contributed by atoms with Crippen molar-refractivity contribution in [1.29, 1.82) is 0 Å². The number of benzene rings is 1. The molecule has 1 nitrogen and oxygen atoms in total. The molecule has 1 rings (SSSR count). The van der Waals surface area contributed by atoms with E-state index in [-0.39, 0.29) is 10.6 Å². The van der Waals surface area contributed by atoms with Gasteiger partial charge >= 0.3 is 0 Å². The minimum Gasteiger partial charge on any atom is -0.375 e. The third-order valence-electron chi connectivity index (χ3n) is 3.37. The predicted octanol–water partition coefficient (Wildman–Crippen LogP) is 5.09. The standard InChI is InChI=1S/C14H20BrF2OSi/c1-13(2,19(3)4)9-18-10-14(16,17)11-7-5-6-8-12(11)15/h5-8H,9-10H2,1-4H3. The molecule has 107 valence electrons. The van der Waals surface area contributed by atoms with Gasteiger partial charge in [-0.25, -0.2) is 0 Å². The second-order valence-electron chi connectivity index (χ2n) is 5.56. The normalized spacial score (nSPS) is 13.1. The summed E-state index contributed by atoms with van der Waals surface area (Å²) in [4.78, 5) is 0. The Labute approximate surface area is 124 Å². The van der Waals surface area contributed by atoms with E-state index in [2.05, 4.69) is 42.9 Å². The highest BCUT2D eigenvalue weighted by molar-refractivity contribution is 9.10. The predicted molar refractivity (Wildman–Crippen MR) is 80.4 cm³/mol. The Morgan fingerprint density at radius 1 is 1.16 bits per heavy atom. The maximum atomic E-state index is 14.0. The monoisotopic (exact) mass is 349 g/mol. The Morgan fingerprint density at radius 2 is 1.74 bits per heavy atom. The molecule has 0 spiro atoms. The molecular formula is C14H20BrF2OSi. The van der Waals surface area contributed by atoms with E-state index in [1.54, 1.807) is 18.2 Å². The van der Waals surface area contributed by atoms with E-state index in [1.165, 1.54) is 6.07 Å². The van der Waals surface area contributed by atoms with E-state index in [0.717, 1.165) is 0 Å². The Kier molecular flexibility index (Phi) is 5.71. The van der Waals surface area contributed by atoms with Crippen LogP contribution < -0.4 is 0 Å². The van der Waals surface area contributed by atoms with Gasteiger partial charge in [0.2, 0.25) is 0 Å². The van der Waals surface area contributed by atoms with Crippen LogP contribution >= 0.6 is 15.9 Å². The van der Waals surface area contributed by atoms with Crippen LogP contribution in [0.1, 0.15) is 19.4 Å². The molecule has 0 bridgehead atoms. The van der Waals surface area contributed by atoms with Gasteiger partial charge in [-0.05, 0) is 11.1 Å². The van der Waals surface area contributed by atoms with Gasteiger partial charge < -0.3 is 4.74 Å². The third kappa shape index (κ3) is 4.65. The molecule has 0 saturated heterocycles. The summed E-state index contributed by atoms with van der Waals surface area (Å²) in [5.74, 6) is -2.97. The summed E-state index contributed by atoms with van der Waals surface area (Å²) in [6, 6.07) is 6.37. The van der Waals surface area contributed by atoms with Crippen molar-refractivity contribution in [3.63, 3.8) is 0 Å². The SMILES string of the molecule is C[Si](C)C(C)(C)COCC(F)(F)c1ccccc1Br. The van der Waals surface area contributed by atoms with E-state index in [0.29, 0.717) is 11.1 Å². The molecule has 0 heterocycles. The van der Waals surface area contributed by atoms with Crippen LogP contribution in [0.15, 0.2) is 28.7 Å². The third-order valence-corrected chi connectivity index (χ3v) is 6.91. The van der Waals surface area contributed by atoms with Gasteiger partial charge in [-0.1, -0.05) is 61.1 Å². The first-order chi connectivity index (χ1) is 8.67. The zero-order chi connectivity index (χ0) is 14.7. The summed E-state index contributed by atoms with van der Waals surface area (Å²) >= 11 is 3.16. The van der Waals surface area contributed by atoms with Crippen LogP contribution in [0.2, 0.25) is 18.1 Å². The quantitative estimate of drug-likeness (QED) is 0.649. The van der Waals surface area contributed by atoms with E-state index in [9.17, 15) is 8.78 Å². The molecule has 1 aromatic carbocycles. The maximum absolute atomic E-state index is 14.0. The minimum atomic E-state index is -2.97. The average molecular weight is 350 g/mol. The highest BCUT2D eigenvalue weighted by Crippen LogP contribution is 2.35.